The first-order valence-corrected chi connectivity index (χ1v) is 6.52. The number of halogens is 2. The van der Waals surface area contributed by atoms with Gasteiger partial charge in [0, 0.05) is 21.2 Å². The lowest BCUT2D eigenvalue weighted by atomic mass is 9.99. The molecule has 0 N–H and O–H groups in total. The molecule has 90 valence electrons. The van der Waals surface area contributed by atoms with Crippen molar-refractivity contribution < 1.29 is 4.79 Å². The number of carbonyl (C=O) groups excluding carboxylic acids is 1. The Morgan fingerprint density at radius 3 is 1.67 bits per heavy atom. The summed E-state index contributed by atoms with van der Waals surface area (Å²) < 4.78 is 0. The molecule has 0 heterocycles. The van der Waals surface area contributed by atoms with Crippen LogP contribution >= 0.6 is 23.2 Å². The van der Waals surface area contributed by atoms with Crippen molar-refractivity contribution in [3.05, 3.63) is 68.7 Å². The van der Waals surface area contributed by atoms with E-state index in [1.807, 2.05) is 24.3 Å². The molecule has 2 aromatic rings. The number of hydrogen-bond donors (Lipinski definition) is 0. The zero-order valence-corrected chi connectivity index (χ0v) is 11.1. The molecule has 0 aliphatic heterocycles. The van der Waals surface area contributed by atoms with Crippen LogP contribution in [0.3, 0.4) is 0 Å². The quantitative estimate of drug-likeness (QED) is 0.700. The zero-order chi connectivity index (χ0) is 12.7. The molecule has 18 heavy (non-hydrogen) atoms. The van der Waals surface area contributed by atoms with Crippen molar-refractivity contribution in [3.8, 4) is 0 Å². The van der Waals surface area contributed by atoms with Gasteiger partial charge >= 0.3 is 0 Å². The van der Waals surface area contributed by atoms with Gasteiger partial charge in [0.2, 0.25) is 0 Å². The molecule has 1 aliphatic rings. The number of ketones is 1. The third-order valence-electron chi connectivity index (χ3n) is 3.29. The van der Waals surface area contributed by atoms with E-state index in [0.29, 0.717) is 10.0 Å². The monoisotopic (exact) mass is 276 g/mol. The van der Waals surface area contributed by atoms with E-state index in [1.165, 1.54) is 0 Å². The second-order valence-electron chi connectivity index (χ2n) is 4.43. The fraction of sp³-hybridized carbons (Fsp3) is 0.133. The summed E-state index contributed by atoms with van der Waals surface area (Å²) in [5, 5.41) is 1.34. The van der Waals surface area contributed by atoms with Gasteiger partial charge in [0.05, 0.1) is 0 Å². The molecule has 2 aromatic carbocycles. The maximum atomic E-state index is 12.5. The highest BCUT2D eigenvalue weighted by molar-refractivity contribution is 6.31. The predicted octanol–water partition coefficient (Wildman–Crippen LogP) is 4.32. The van der Waals surface area contributed by atoms with E-state index in [9.17, 15) is 4.79 Å². The topological polar surface area (TPSA) is 17.1 Å². The minimum Gasteiger partial charge on any atom is -0.289 e. The minimum absolute atomic E-state index is 0.0610. The van der Waals surface area contributed by atoms with Gasteiger partial charge in [-0.05, 0) is 60.4 Å². The van der Waals surface area contributed by atoms with Crippen LogP contribution in [0.4, 0.5) is 0 Å². The largest absolute Gasteiger partial charge is 0.289 e. The Bertz CT molecular complexity index is 591. The Balaban J connectivity index is 2.18. The van der Waals surface area contributed by atoms with Crippen molar-refractivity contribution >= 4 is 29.0 Å². The number of benzene rings is 2. The van der Waals surface area contributed by atoms with Crippen molar-refractivity contribution in [2.24, 2.45) is 0 Å². The van der Waals surface area contributed by atoms with Crippen LogP contribution in [-0.4, -0.2) is 5.78 Å². The molecule has 0 saturated heterocycles. The number of carbonyl (C=O) groups is 1. The maximum absolute atomic E-state index is 12.5. The van der Waals surface area contributed by atoms with Gasteiger partial charge in [0.15, 0.2) is 5.78 Å². The van der Waals surface area contributed by atoms with Crippen LogP contribution in [0.15, 0.2) is 36.4 Å². The molecule has 3 heteroatoms. The Morgan fingerprint density at radius 2 is 1.22 bits per heavy atom. The van der Waals surface area contributed by atoms with E-state index < -0.39 is 0 Å². The van der Waals surface area contributed by atoms with E-state index in [4.69, 9.17) is 23.2 Å². The standard InChI is InChI=1S/C15H10Cl2O/c16-11-3-5-13-9(7-11)1-2-10-8-12(17)4-6-14(10)15(13)18/h3-8H,1-2H2. The summed E-state index contributed by atoms with van der Waals surface area (Å²) in [7, 11) is 0. The van der Waals surface area contributed by atoms with Gasteiger partial charge in [0.25, 0.3) is 0 Å². The molecule has 1 nitrogen and oxygen atoms in total. The van der Waals surface area contributed by atoms with Gasteiger partial charge in [-0.1, -0.05) is 23.2 Å². The van der Waals surface area contributed by atoms with Crippen LogP contribution in [0, 0.1) is 0 Å². The van der Waals surface area contributed by atoms with E-state index in [1.54, 1.807) is 12.1 Å². The van der Waals surface area contributed by atoms with Crippen molar-refractivity contribution in [1.82, 2.24) is 0 Å². The number of hydrogen-bond acceptors (Lipinski definition) is 1. The summed E-state index contributed by atoms with van der Waals surface area (Å²) >= 11 is 12.0. The number of aryl methyl sites for hydroxylation is 2. The molecule has 0 fully saturated rings. The first-order valence-electron chi connectivity index (χ1n) is 5.77. The molecule has 0 spiro atoms. The van der Waals surface area contributed by atoms with Gasteiger partial charge in [-0.15, -0.1) is 0 Å². The highest BCUT2D eigenvalue weighted by atomic mass is 35.5. The van der Waals surface area contributed by atoms with Gasteiger partial charge in [-0.3, -0.25) is 4.79 Å². The van der Waals surface area contributed by atoms with Crippen LogP contribution in [0.2, 0.25) is 10.0 Å². The highest BCUT2D eigenvalue weighted by Crippen LogP contribution is 2.28. The molecule has 0 saturated carbocycles. The molecule has 0 atom stereocenters. The Morgan fingerprint density at radius 1 is 0.778 bits per heavy atom. The zero-order valence-electron chi connectivity index (χ0n) is 9.54. The molecular formula is C15H10Cl2O. The van der Waals surface area contributed by atoms with E-state index in [-0.39, 0.29) is 5.78 Å². The van der Waals surface area contributed by atoms with Crippen molar-refractivity contribution in [1.29, 1.82) is 0 Å². The Labute approximate surface area is 115 Å². The Kier molecular flexibility index (Phi) is 2.89. The first-order chi connectivity index (χ1) is 8.65. The van der Waals surface area contributed by atoms with E-state index in [2.05, 4.69) is 0 Å². The molecule has 0 bridgehead atoms. The molecule has 0 radical (unpaired) electrons. The van der Waals surface area contributed by atoms with E-state index in [0.717, 1.165) is 35.1 Å². The van der Waals surface area contributed by atoms with Crippen LogP contribution in [0.1, 0.15) is 27.0 Å². The van der Waals surface area contributed by atoms with Gasteiger partial charge in [-0.25, -0.2) is 0 Å². The number of rotatable bonds is 0. The van der Waals surface area contributed by atoms with Gasteiger partial charge < -0.3 is 0 Å². The maximum Gasteiger partial charge on any atom is 0.193 e. The lowest BCUT2D eigenvalue weighted by molar-refractivity contribution is 0.103. The van der Waals surface area contributed by atoms with Gasteiger partial charge in [-0.2, -0.15) is 0 Å². The third-order valence-corrected chi connectivity index (χ3v) is 3.76. The lowest BCUT2D eigenvalue weighted by Crippen LogP contribution is -2.03. The second-order valence-corrected chi connectivity index (χ2v) is 5.30. The van der Waals surface area contributed by atoms with Crippen molar-refractivity contribution in [2.75, 3.05) is 0 Å². The van der Waals surface area contributed by atoms with Crippen LogP contribution in [0.25, 0.3) is 0 Å². The van der Waals surface area contributed by atoms with Crippen LogP contribution in [-0.2, 0) is 12.8 Å². The third kappa shape index (κ3) is 1.94. The smallest absolute Gasteiger partial charge is 0.193 e. The SMILES string of the molecule is O=C1c2ccc(Cl)cc2CCc2cc(Cl)ccc21. The molecule has 3 rings (SSSR count). The van der Waals surface area contributed by atoms with Crippen LogP contribution in [0.5, 0.6) is 0 Å². The second kappa shape index (κ2) is 4.42. The highest BCUT2D eigenvalue weighted by Gasteiger charge is 2.21. The molecule has 0 unspecified atom stereocenters. The van der Waals surface area contributed by atoms with Crippen molar-refractivity contribution in [3.63, 3.8) is 0 Å². The molecule has 0 amide bonds. The first kappa shape index (κ1) is 11.8. The van der Waals surface area contributed by atoms with Crippen molar-refractivity contribution in [2.45, 2.75) is 12.8 Å². The summed E-state index contributed by atoms with van der Waals surface area (Å²) in [6, 6.07) is 10.9. The normalized spacial score (nSPS) is 13.8. The molecule has 0 aromatic heterocycles. The summed E-state index contributed by atoms with van der Waals surface area (Å²) in [5.41, 5.74) is 3.53. The summed E-state index contributed by atoms with van der Waals surface area (Å²) in [4.78, 5) is 12.5. The van der Waals surface area contributed by atoms with E-state index >= 15 is 0 Å². The average Bonchev–Trinajstić information content (AvgIpc) is 2.47. The fourth-order valence-corrected chi connectivity index (χ4v) is 2.79. The molecule has 1 aliphatic carbocycles. The molecular weight excluding hydrogens is 267 g/mol. The minimum atomic E-state index is 0.0610. The Hall–Kier alpha value is -1.31. The fourth-order valence-electron chi connectivity index (χ4n) is 2.40. The predicted molar refractivity (Wildman–Crippen MR) is 73.7 cm³/mol. The lowest BCUT2D eigenvalue weighted by Gasteiger charge is -2.05. The number of fused-ring (bicyclic) bond motifs is 2. The summed E-state index contributed by atoms with van der Waals surface area (Å²) in [6.45, 7) is 0. The average molecular weight is 277 g/mol. The van der Waals surface area contributed by atoms with Gasteiger partial charge in [0.1, 0.15) is 0 Å². The van der Waals surface area contributed by atoms with Crippen LogP contribution < -0.4 is 0 Å². The summed E-state index contributed by atoms with van der Waals surface area (Å²) in [6.07, 6.45) is 1.63. The summed E-state index contributed by atoms with van der Waals surface area (Å²) in [5.74, 6) is 0.0610.